The third kappa shape index (κ3) is 18.4. The zero-order valence-electron chi connectivity index (χ0n) is 9.47. The zero-order valence-corrected chi connectivity index (χ0v) is 9.47. The zero-order chi connectivity index (χ0) is 10.7. The fourth-order valence-electron chi connectivity index (χ4n) is 1.19. The Labute approximate surface area is 82.4 Å². The number of unbranched alkanes of at least 4 members (excludes halogenated alkanes) is 1. The van der Waals surface area contributed by atoms with Gasteiger partial charge in [-0.1, -0.05) is 52.9 Å². The van der Waals surface area contributed by atoms with Crippen LogP contribution >= 0.6 is 0 Å². The molecule has 0 aromatic carbocycles. The molecule has 0 heterocycles. The van der Waals surface area contributed by atoms with Crippen molar-refractivity contribution < 1.29 is 9.90 Å². The first-order chi connectivity index (χ1) is 6.08. The SMILES string of the molecule is CC(=O)O.CCCCC(CC)CC. The summed E-state index contributed by atoms with van der Waals surface area (Å²) in [5, 5.41) is 7.42. The van der Waals surface area contributed by atoms with E-state index in [4.69, 9.17) is 9.90 Å². The molecule has 0 saturated heterocycles. The summed E-state index contributed by atoms with van der Waals surface area (Å²) in [5.74, 6) is 0.171. The Morgan fingerprint density at radius 2 is 1.62 bits per heavy atom. The van der Waals surface area contributed by atoms with Gasteiger partial charge in [0.2, 0.25) is 0 Å². The fraction of sp³-hybridized carbons (Fsp3) is 0.909. The first-order valence-corrected chi connectivity index (χ1v) is 5.27. The van der Waals surface area contributed by atoms with Crippen LogP contribution in [0.15, 0.2) is 0 Å². The molecule has 0 rings (SSSR count). The fourth-order valence-corrected chi connectivity index (χ4v) is 1.19. The second-order valence-corrected chi connectivity index (χ2v) is 3.34. The minimum atomic E-state index is -0.833. The van der Waals surface area contributed by atoms with E-state index < -0.39 is 5.97 Å². The Balaban J connectivity index is 0. The molecule has 0 saturated carbocycles. The summed E-state index contributed by atoms with van der Waals surface area (Å²) in [6.07, 6.45) is 6.97. The summed E-state index contributed by atoms with van der Waals surface area (Å²) in [6, 6.07) is 0. The van der Waals surface area contributed by atoms with E-state index >= 15 is 0 Å². The van der Waals surface area contributed by atoms with Crippen molar-refractivity contribution in [3.8, 4) is 0 Å². The Morgan fingerprint density at radius 3 is 1.85 bits per heavy atom. The van der Waals surface area contributed by atoms with Gasteiger partial charge in [-0.05, 0) is 5.92 Å². The molecule has 0 aliphatic heterocycles. The van der Waals surface area contributed by atoms with E-state index in [2.05, 4.69) is 20.8 Å². The maximum atomic E-state index is 9.00. The van der Waals surface area contributed by atoms with Gasteiger partial charge < -0.3 is 5.11 Å². The topological polar surface area (TPSA) is 37.3 Å². The number of carboxylic acids is 1. The molecule has 0 bridgehead atoms. The largest absolute Gasteiger partial charge is 0.481 e. The van der Waals surface area contributed by atoms with Crippen LogP contribution in [0, 0.1) is 5.92 Å². The van der Waals surface area contributed by atoms with Crippen molar-refractivity contribution in [2.75, 3.05) is 0 Å². The summed E-state index contributed by atoms with van der Waals surface area (Å²) in [6.45, 7) is 7.94. The molecule has 0 radical (unpaired) electrons. The Bertz CT molecular complexity index is 103. The van der Waals surface area contributed by atoms with Gasteiger partial charge in [-0.3, -0.25) is 4.79 Å². The molecule has 0 aliphatic carbocycles. The van der Waals surface area contributed by atoms with Crippen LogP contribution in [0.3, 0.4) is 0 Å². The van der Waals surface area contributed by atoms with Crippen molar-refractivity contribution in [1.29, 1.82) is 0 Å². The Morgan fingerprint density at radius 1 is 1.23 bits per heavy atom. The normalized spacial score (nSPS) is 9.31. The molecule has 80 valence electrons. The van der Waals surface area contributed by atoms with Gasteiger partial charge in [0.1, 0.15) is 0 Å². The lowest BCUT2D eigenvalue weighted by molar-refractivity contribution is -0.134. The van der Waals surface area contributed by atoms with E-state index in [0.717, 1.165) is 12.8 Å². The molecule has 13 heavy (non-hydrogen) atoms. The van der Waals surface area contributed by atoms with Crippen molar-refractivity contribution in [1.82, 2.24) is 0 Å². The molecule has 2 heteroatoms. The van der Waals surface area contributed by atoms with E-state index in [1.807, 2.05) is 0 Å². The minimum absolute atomic E-state index is 0.833. The number of aliphatic carboxylic acids is 1. The maximum Gasteiger partial charge on any atom is 0.300 e. The van der Waals surface area contributed by atoms with Gasteiger partial charge in [-0.15, -0.1) is 0 Å². The Hall–Kier alpha value is -0.530. The van der Waals surface area contributed by atoms with Crippen molar-refractivity contribution in [3.63, 3.8) is 0 Å². The molecule has 0 aromatic rings. The molecule has 0 atom stereocenters. The van der Waals surface area contributed by atoms with Crippen molar-refractivity contribution in [3.05, 3.63) is 0 Å². The second kappa shape index (κ2) is 11.5. The standard InChI is InChI=1S/C9H20.C2H4O2/c1-4-7-8-9(5-2)6-3;1-2(3)4/h9H,4-8H2,1-3H3;1H3,(H,3,4). The lowest BCUT2D eigenvalue weighted by atomic mass is 9.97. The molecule has 0 aromatic heterocycles. The van der Waals surface area contributed by atoms with Crippen LogP contribution in [-0.4, -0.2) is 11.1 Å². The summed E-state index contributed by atoms with van der Waals surface area (Å²) in [7, 11) is 0. The highest BCUT2D eigenvalue weighted by molar-refractivity contribution is 5.62. The smallest absolute Gasteiger partial charge is 0.300 e. The molecule has 1 N–H and O–H groups in total. The van der Waals surface area contributed by atoms with Gasteiger partial charge in [0.15, 0.2) is 0 Å². The first-order valence-electron chi connectivity index (χ1n) is 5.27. The number of carbonyl (C=O) groups is 1. The maximum absolute atomic E-state index is 9.00. The van der Waals surface area contributed by atoms with Crippen molar-refractivity contribution in [2.45, 2.75) is 59.8 Å². The molecule has 0 unspecified atom stereocenters. The summed E-state index contributed by atoms with van der Waals surface area (Å²) < 4.78 is 0. The lowest BCUT2D eigenvalue weighted by Gasteiger charge is -2.09. The molecule has 0 fully saturated rings. The van der Waals surface area contributed by atoms with E-state index in [1.54, 1.807) is 0 Å². The predicted octanol–water partition coefficient (Wildman–Crippen LogP) is 3.70. The molecular formula is C11H24O2. The average Bonchev–Trinajstić information content (AvgIpc) is 2.06. The van der Waals surface area contributed by atoms with E-state index in [-0.39, 0.29) is 0 Å². The van der Waals surface area contributed by atoms with Crippen LogP contribution in [0.2, 0.25) is 0 Å². The van der Waals surface area contributed by atoms with Gasteiger partial charge >= 0.3 is 0 Å². The summed E-state index contributed by atoms with van der Waals surface area (Å²) in [5.41, 5.74) is 0. The molecule has 0 spiro atoms. The van der Waals surface area contributed by atoms with E-state index in [0.29, 0.717) is 0 Å². The number of hydrogen-bond acceptors (Lipinski definition) is 1. The monoisotopic (exact) mass is 188 g/mol. The average molecular weight is 188 g/mol. The molecule has 0 amide bonds. The highest BCUT2D eigenvalue weighted by Gasteiger charge is 2.00. The van der Waals surface area contributed by atoms with Crippen LogP contribution in [-0.2, 0) is 4.79 Å². The van der Waals surface area contributed by atoms with Crippen LogP contribution in [0.1, 0.15) is 59.8 Å². The van der Waals surface area contributed by atoms with Gasteiger partial charge in [0.05, 0.1) is 0 Å². The van der Waals surface area contributed by atoms with Crippen molar-refractivity contribution >= 4 is 5.97 Å². The number of hydrogen-bond donors (Lipinski definition) is 1. The van der Waals surface area contributed by atoms with E-state index in [9.17, 15) is 0 Å². The molecule has 0 aliphatic rings. The first kappa shape index (κ1) is 15.0. The van der Waals surface area contributed by atoms with Crippen LogP contribution in [0.5, 0.6) is 0 Å². The molecular weight excluding hydrogens is 164 g/mol. The number of rotatable bonds is 5. The Kier molecular flexibility index (Phi) is 13.2. The quantitative estimate of drug-likeness (QED) is 0.714. The lowest BCUT2D eigenvalue weighted by Crippen LogP contribution is -1.95. The van der Waals surface area contributed by atoms with Crippen LogP contribution in [0.25, 0.3) is 0 Å². The van der Waals surface area contributed by atoms with Gasteiger partial charge in [0, 0.05) is 6.92 Å². The van der Waals surface area contributed by atoms with Crippen LogP contribution in [0.4, 0.5) is 0 Å². The summed E-state index contributed by atoms with van der Waals surface area (Å²) in [4.78, 5) is 9.00. The summed E-state index contributed by atoms with van der Waals surface area (Å²) >= 11 is 0. The third-order valence-corrected chi connectivity index (χ3v) is 2.12. The third-order valence-electron chi connectivity index (χ3n) is 2.12. The minimum Gasteiger partial charge on any atom is -0.481 e. The molecule has 2 nitrogen and oxygen atoms in total. The van der Waals surface area contributed by atoms with Gasteiger partial charge in [-0.25, -0.2) is 0 Å². The highest BCUT2D eigenvalue weighted by atomic mass is 16.4. The predicted molar refractivity (Wildman–Crippen MR) is 56.9 cm³/mol. The van der Waals surface area contributed by atoms with Crippen molar-refractivity contribution in [2.24, 2.45) is 5.92 Å². The number of carboxylic acid groups (broad SMARTS) is 1. The van der Waals surface area contributed by atoms with Gasteiger partial charge in [-0.2, -0.15) is 0 Å². The van der Waals surface area contributed by atoms with E-state index in [1.165, 1.54) is 32.1 Å². The highest BCUT2D eigenvalue weighted by Crippen LogP contribution is 2.15. The van der Waals surface area contributed by atoms with Crippen LogP contribution < -0.4 is 0 Å². The second-order valence-electron chi connectivity index (χ2n) is 3.34. The van der Waals surface area contributed by atoms with Gasteiger partial charge in [0.25, 0.3) is 5.97 Å².